The fraction of sp³-hybridized carbons (Fsp3) is 0.0909. The third kappa shape index (κ3) is 4.07. The summed E-state index contributed by atoms with van der Waals surface area (Å²) in [4.78, 5) is 8.43. The monoisotopic (exact) mass is 374 g/mol. The molecule has 0 aliphatic heterocycles. The zero-order valence-corrected chi connectivity index (χ0v) is 15.1. The second-order valence-electron chi connectivity index (χ2n) is 6.18. The largest absolute Gasteiger partial charge is 0.436 e. The first-order valence-electron chi connectivity index (χ1n) is 8.95. The third-order valence-electron chi connectivity index (χ3n) is 4.27. The van der Waals surface area contributed by atoms with Crippen LogP contribution in [-0.2, 0) is 13.1 Å². The van der Waals surface area contributed by atoms with Crippen LogP contribution in [0.2, 0.25) is 0 Å². The van der Waals surface area contributed by atoms with Crippen LogP contribution in [0.1, 0.15) is 11.3 Å². The molecule has 4 rings (SSSR count). The number of pyridine rings is 2. The molecule has 0 fully saturated rings. The lowest BCUT2D eigenvalue weighted by Gasteiger charge is -2.12. The molecule has 6 heteroatoms. The summed E-state index contributed by atoms with van der Waals surface area (Å²) in [7, 11) is 0. The first kappa shape index (κ1) is 17.9. The van der Waals surface area contributed by atoms with Crippen molar-refractivity contribution in [3.8, 4) is 17.3 Å². The maximum Gasteiger partial charge on any atom is 0.223 e. The molecule has 0 aliphatic carbocycles. The van der Waals surface area contributed by atoms with E-state index in [1.54, 1.807) is 30.6 Å². The van der Waals surface area contributed by atoms with E-state index in [1.165, 1.54) is 6.07 Å². The molecular formula is C22H19FN4O. The molecule has 0 aliphatic rings. The predicted octanol–water partition coefficient (Wildman–Crippen LogP) is 4.49. The predicted molar refractivity (Wildman–Crippen MR) is 105 cm³/mol. The lowest BCUT2D eigenvalue weighted by Crippen LogP contribution is -2.16. The Morgan fingerprint density at radius 3 is 2.68 bits per heavy atom. The molecule has 0 radical (unpaired) electrons. The summed E-state index contributed by atoms with van der Waals surface area (Å²) in [5.74, 6) is 0.136. The van der Waals surface area contributed by atoms with Gasteiger partial charge in [0, 0.05) is 42.9 Å². The van der Waals surface area contributed by atoms with Crippen molar-refractivity contribution in [2.75, 3.05) is 0 Å². The fourth-order valence-corrected chi connectivity index (χ4v) is 2.92. The van der Waals surface area contributed by atoms with Gasteiger partial charge in [0.2, 0.25) is 5.88 Å². The number of para-hydroxylation sites is 1. The minimum absolute atomic E-state index is 0.160. The Labute approximate surface area is 162 Å². The fourth-order valence-electron chi connectivity index (χ4n) is 2.92. The highest BCUT2D eigenvalue weighted by Crippen LogP contribution is 2.25. The number of ether oxygens (including phenoxy) is 1. The molecule has 4 aromatic rings. The Kier molecular flexibility index (Phi) is 5.40. The Morgan fingerprint density at radius 1 is 0.929 bits per heavy atom. The van der Waals surface area contributed by atoms with E-state index < -0.39 is 5.82 Å². The Hall–Kier alpha value is -3.51. The number of hydrogen-bond donors (Lipinski definition) is 1. The zero-order valence-electron chi connectivity index (χ0n) is 15.1. The minimum atomic E-state index is -0.415. The second kappa shape index (κ2) is 8.45. The van der Waals surface area contributed by atoms with Crippen LogP contribution in [0.4, 0.5) is 4.39 Å². The number of hydrogen-bond acceptors (Lipinski definition) is 4. The van der Waals surface area contributed by atoms with E-state index in [2.05, 4.69) is 25.9 Å². The van der Waals surface area contributed by atoms with E-state index in [1.807, 2.05) is 42.7 Å². The summed E-state index contributed by atoms with van der Waals surface area (Å²) in [6.07, 6.45) is 7.22. The summed E-state index contributed by atoms with van der Waals surface area (Å²) < 4.78 is 21.6. The highest BCUT2D eigenvalue weighted by Gasteiger charge is 2.10. The van der Waals surface area contributed by atoms with Crippen LogP contribution >= 0.6 is 0 Å². The molecule has 0 atom stereocenters. The van der Waals surface area contributed by atoms with E-state index in [0.717, 1.165) is 16.9 Å². The van der Waals surface area contributed by atoms with Crippen molar-refractivity contribution in [1.82, 2.24) is 19.9 Å². The molecule has 140 valence electrons. The standard InChI is InChI=1S/C22H19FN4O/c23-20-9-1-2-10-21(20)28-22-17(6-3-12-26-22)14-25-16-19-8-5-13-27(19)18-7-4-11-24-15-18/h1-13,15,25H,14,16H2. The van der Waals surface area contributed by atoms with E-state index in [0.29, 0.717) is 19.0 Å². The molecule has 28 heavy (non-hydrogen) atoms. The molecule has 0 unspecified atom stereocenters. The number of benzene rings is 1. The highest BCUT2D eigenvalue weighted by molar-refractivity contribution is 5.34. The van der Waals surface area contributed by atoms with Crippen molar-refractivity contribution >= 4 is 0 Å². The lowest BCUT2D eigenvalue weighted by atomic mass is 10.2. The number of nitrogens with zero attached hydrogens (tertiary/aromatic N) is 3. The van der Waals surface area contributed by atoms with Crippen molar-refractivity contribution in [3.63, 3.8) is 0 Å². The number of nitrogens with one attached hydrogen (secondary N) is 1. The van der Waals surface area contributed by atoms with Gasteiger partial charge in [-0.3, -0.25) is 4.98 Å². The smallest absolute Gasteiger partial charge is 0.223 e. The zero-order chi connectivity index (χ0) is 19.2. The minimum Gasteiger partial charge on any atom is -0.436 e. The molecule has 0 amide bonds. The maximum absolute atomic E-state index is 13.9. The quantitative estimate of drug-likeness (QED) is 0.518. The van der Waals surface area contributed by atoms with Gasteiger partial charge in [0.05, 0.1) is 11.9 Å². The lowest BCUT2D eigenvalue weighted by molar-refractivity contribution is 0.420. The van der Waals surface area contributed by atoms with Crippen LogP contribution in [0.3, 0.4) is 0 Å². The molecule has 3 heterocycles. The van der Waals surface area contributed by atoms with Crippen molar-refractivity contribution in [2.24, 2.45) is 0 Å². The molecule has 5 nitrogen and oxygen atoms in total. The van der Waals surface area contributed by atoms with Gasteiger partial charge in [-0.05, 0) is 42.5 Å². The first-order chi connectivity index (χ1) is 13.8. The van der Waals surface area contributed by atoms with Gasteiger partial charge in [-0.15, -0.1) is 0 Å². The van der Waals surface area contributed by atoms with Crippen molar-refractivity contribution in [3.05, 3.63) is 103 Å². The second-order valence-corrected chi connectivity index (χ2v) is 6.18. The van der Waals surface area contributed by atoms with Crippen molar-refractivity contribution in [1.29, 1.82) is 0 Å². The van der Waals surface area contributed by atoms with E-state index >= 15 is 0 Å². The number of aromatic nitrogens is 3. The molecule has 0 bridgehead atoms. The molecule has 0 spiro atoms. The Morgan fingerprint density at radius 2 is 1.82 bits per heavy atom. The van der Waals surface area contributed by atoms with Gasteiger partial charge < -0.3 is 14.6 Å². The van der Waals surface area contributed by atoms with Crippen LogP contribution in [0.15, 0.2) is 85.5 Å². The molecule has 1 N–H and O–H groups in total. The molecule has 1 aromatic carbocycles. The average molecular weight is 374 g/mol. The summed E-state index contributed by atoms with van der Waals surface area (Å²) in [6, 6.07) is 18.0. The third-order valence-corrected chi connectivity index (χ3v) is 4.27. The van der Waals surface area contributed by atoms with Gasteiger partial charge >= 0.3 is 0 Å². The van der Waals surface area contributed by atoms with Gasteiger partial charge in [0.25, 0.3) is 0 Å². The van der Waals surface area contributed by atoms with E-state index in [-0.39, 0.29) is 5.75 Å². The molecule has 0 saturated heterocycles. The van der Waals surface area contributed by atoms with Crippen LogP contribution in [0.25, 0.3) is 5.69 Å². The molecule has 0 saturated carbocycles. The van der Waals surface area contributed by atoms with Crippen LogP contribution in [0.5, 0.6) is 11.6 Å². The Balaban J connectivity index is 1.44. The summed E-state index contributed by atoms with van der Waals surface area (Å²) in [5, 5.41) is 3.40. The maximum atomic E-state index is 13.9. The van der Waals surface area contributed by atoms with Crippen LogP contribution in [-0.4, -0.2) is 14.5 Å². The average Bonchev–Trinajstić information content (AvgIpc) is 3.20. The van der Waals surface area contributed by atoms with Gasteiger partial charge in [-0.2, -0.15) is 0 Å². The molecular weight excluding hydrogens is 355 g/mol. The molecule has 3 aromatic heterocycles. The van der Waals surface area contributed by atoms with E-state index in [9.17, 15) is 4.39 Å². The normalized spacial score (nSPS) is 10.8. The summed E-state index contributed by atoms with van der Waals surface area (Å²) in [5.41, 5.74) is 2.97. The van der Waals surface area contributed by atoms with Crippen LogP contribution < -0.4 is 10.1 Å². The van der Waals surface area contributed by atoms with Crippen molar-refractivity contribution in [2.45, 2.75) is 13.1 Å². The highest BCUT2D eigenvalue weighted by atomic mass is 19.1. The topological polar surface area (TPSA) is 52.0 Å². The number of rotatable bonds is 7. The van der Waals surface area contributed by atoms with Gasteiger partial charge in [-0.25, -0.2) is 9.37 Å². The summed E-state index contributed by atoms with van der Waals surface area (Å²) in [6.45, 7) is 1.19. The van der Waals surface area contributed by atoms with Gasteiger partial charge in [-0.1, -0.05) is 18.2 Å². The van der Waals surface area contributed by atoms with Gasteiger partial charge in [0.1, 0.15) is 0 Å². The summed E-state index contributed by atoms with van der Waals surface area (Å²) >= 11 is 0. The van der Waals surface area contributed by atoms with Crippen LogP contribution in [0, 0.1) is 5.82 Å². The SMILES string of the molecule is Fc1ccccc1Oc1ncccc1CNCc1cccn1-c1cccnc1. The van der Waals surface area contributed by atoms with Crippen molar-refractivity contribution < 1.29 is 9.13 Å². The Bertz CT molecular complexity index is 1050. The first-order valence-corrected chi connectivity index (χ1v) is 8.95. The van der Waals surface area contributed by atoms with Gasteiger partial charge in [0.15, 0.2) is 11.6 Å². The number of halogens is 1. The van der Waals surface area contributed by atoms with E-state index in [4.69, 9.17) is 4.74 Å².